The maximum Gasteiger partial charge on any atom is 0.419 e. The highest BCUT2D eigenvalue weighted by atomic mass is 19.4. The topological polar surface area (TPSA) is 52.6 Å². The summed E-state index contributed by atoms with van der Waals surface area (Å²) in [6.07, 6.45) is 0.818. The van der Waals surface area contributed by atoms with Crippen molar-refractivity contribution in [3.63, 3.8) is 0 Å². The van der Waals surface area contributed by atoms with Crippen molar-refractivity contribution in [1.29, 1.82) is 0 Å². The Morgan fingerprint density at radius 2 is 2.04 bits per heavy atom. The molecule has 0 aromatic heterocycles. The van der Waals surface area contributed by atoms with Crippen LogP contribution in [0.5, 0.6) is 0 Å². The number of alkyl halides is 3. The highest BCUT2D eigenvalue weighted by molar-refractivity contribution is 6.04. The third kappa shape index (κ3) is 4.66. The van der Waals surface area contributed by atoms with Crippen molar-refractivity contribution >= 4 is 11.9 Å². The number of carbonyl (C=O) groups excluding carboxylic acids is 2. The average molecular weight is 385 g/mol. The SMILES string of the molecule is C=CN(/C=C\C)CCCN1C(=O)NC(=O)C1c1ccc(C(F)(F)F)c(F)c1. The smallest absolute Gasteiger partial charge is 0.355 e. The molecule has 0 spiro atoms. The van der Waals surface area contributed by atoms with Crippen LogP contribution in [0.1, 0.15) is 30.5 Å². The molecule has 1 saturated heterocycles. The van der Waals surface area contributed by atoms with E-state index in [1.54, 1.807) is 17.3 Å². The first-order chi connectivity index (χ1) is 12.7. The molecule has 5 nitrogen and oxygen atoms in total. The summed E-state index contributed by atoms with van der Waals surface area (Å²) in [5, 5.41) is 2.11. The molecular weight excluding hydrogens is 366 g/mol. The maximum atomic E-state index is 13.9. The van der Waals surface area contributed by atoms with Crippen LogP contribution in [-0.4, -0.2) is 34.8 Å². The van der Waals surface area contributed by atoms with E-state index in [0.29, 0.717) is 25.1 Å². The molecule has 27 heavy (non-hydrogen) atoms. The maximum absolute atomic E-state index is 13.9. The van der Waals surface area contributed by atoms with Gasteiger partial charge in [0.15, 0.2) is 0 Å². The minimum atomic E-state index is -4.84. The van der Waals surface area contributed by atoms with Crippen LogP contribution >= 0.6 is 0 Å². The Morgan fingerprint density at radius 3 is 2.59 bits per heavy atom. The quantitative estimate of drug-likeness (QED) is 0.574. The van der Waals surface area contributed by atoms with Gasteiger partial charge in [-0.3, -0.25) is 10.1 Å². The Bertz CT molecular complexity index is 761. The minimum absolute atomic E-state index is 0.0159. The van der Waals surface area contributed by atoms with Crippen LogP contribution in [0, 0.1) is 5.82 Å². The number of allylic oxidation sites excluding steroid dienone is 1. The number of imide groups is 1. The predicted molar refractivity (Wildman–Crippen MR) is 90.7 cm³/mol. The number of benzene rings is 1. The summed E-state index contributed by atoms with van der Waals surface area (Å²) in [5.74, 6) is -2.19. The zero-order valence-electron chi connectivity index (χ0n) is 14.6. The molecule has 1 aromatic rings. The van der Waals surface area contributed by atoms with E-state index in [0.717, 1.165) is 6.07 Å². The molecule has 0 aliphatic carbocycles. The van der Waals surface area contributed by atoms with E-state index in [-0.39, 0.29) is 12.1 Å². The fourth-order valence-electron chi connectivity index (χ4n) is 2.84. The van der Waals surface area contributed by atoms with E-state index in [1.165, 1.54) is 4.90 Å². The lowest BCUT2D eigenvalue weighted by Gasteiger charge is -2.24. The molecule has 0 radical (unpaired) electrons. The van der Waals surface area contributed by atoms with Gasteiger partial charge >= 0.3 is 12.2 Å². The molecule has 1 aromatic carbocycles. The van der Waals surface area contributed by atoms with Crippen molar-refractivity contribution in [3.8, 4) is 0 Å². The van der Waals surface area contributed by atoms with Crippen LogP contribution in [0.15, 0.2) is 43.3 Å². The van der Waals surface area contributed by atoms with E-state index in [1.807, 2.05) is 13.0 Å². The van der Waals surface area contributed by atoms with Crippen LogP contribution in [0.4, 0.5) is 22.4 Å². The Balaban J connectivity index is 2.18. The van der Waals surface area contributed by atoms with Crippen LogP contribution in [0.2, 0.25) is 0 Å². The molecule has 1 unspecified atom stereocenters. The molecular formula is C18H19F4N3O2. The lowest BCUT2D eigenvalue weighted by Crippen LogP contribution is -2.32. The van der Waals surface area contributed by atoms with E-state index >= 15 is 0 Å². The standard InChI is InChI=1S/C18H19F4N3O2/c1-3-8-24(4-2)9-5-10-25-15(16(26)23-17(25)27)12-6-7-13(14(19)11-12)18(20,21)22/h3-4,6-8,11,15H,2,5,9-10H2,1H3,(H,23,26,27)/b8-3-. The molecule has 1 aliphatic heterocycles. The van der Waals surface area contributed by atoms with Crippen molar-refractivity contribution in [1.82, 2.24) is 15.1 Å². The van der Waals surface area contributed by atoms with Gasteiger partial charge in [0, 0.05) is 13.1 Å². The van der Waals surface area contributed by atoms with Crippen molar-refractivity contribution in [2.24, 2.45) is 0 Å². The summed E-state index contributed by atoms with van der Waals surface area (Å²) in [4.78, 5) is 27.1. The second-order valence-corrected chi connectivity index (χ2v) is 5.88. The molecule has 0 bridgehead atoms. The monoisotopic (exact) mass is 385 g/mol. The van der Waals surface area contributed by atoms with Gasteiger partial charge in [-0.1, -0.05) is 18.7 Å². The van der Waals surface area contributed by atoms with Crippen molar-refractivity contribution in [3.05, 3.63) is 60.2 Å². The number of hydrogen-bond acceptors (Lipinski definition) is 3. The highest BCUT2D eigenvalue weighted by Gasteiger charge is 2.40. The summed E-state index contributed by atoms with van der Waals surface area (Å²) in [5.41, 5.74) is -1.44. The first-order valence-corrected chi connectivity index (χ1v) is 8.18. The minimum Gasteiger partial charge on any atom is -0.355 e. The Morgan fingerprint density at radius 1 is 1.33 bits per heavy atom. The van der Waals surface area contributed by atoms with E-state index in [4.69, 9.17) is 0 Å². The molecule has 1 N–H and O–H groups in total. The van der Waals surface area contributed by atoms with Crippen molar-refractivity contribution in [2.75, 3.05) is 13.1 Å². The van der Waals surface area contributed by atoms with Crippen LogP contribution in [0.3, 0.4) is 0 Å². The summed E-state index contributed by atoms with van der Waals surface area (Å²) in [6.45, 7) is 6.16. The van der Waals surface area contributed by atoms with Gasteiger partial charge in [-0.15, -0.1) is 0 Å². The number of halogens is 4. The van der Waals surface area contributed by atoms with Gasteiger partial charge in [-0.2, -0.15) is 13.2 Å². The average Bonchev–Trinajstić information content (AvgIpc) is 2.86. The van der Waals surface area contributed by atoms with E-state index in [2.05, 4.69) is 11.9 Å². The molecule has 3 amide bonds. The number of nitrogens with zero attached hydrogens (tertiary/aromatic N) is 2. The van der Waals surface area contributed by atoms with Crippen molar-refractivity contribution in [2.45, 2.75) is 25.6 Å². The molecule has 0 saturated carbocycles. The van der Waals surface area contributed by atoms with Gasteiger partial charge in [0.25, 0.3) is 5.91 Å². The molecule has 1 aliphatic rings. The van der Waals surface area contributed by atoms with Crippen molar-refractivity contribution < 1.29 is 27.2 Å². The summed E-state index contributed by atoms with van der Waals surface area (Å²) >= 11 is 0. The third-order valence-corrected chi connectivity index (χ3v) is 4.06. The fourth-order valence-corrected chi connectivity index (χ4v) is 2.84. The van der Waals surface area contributed by atoms with Gasteiger partial charge in [0.05, 0.1) is 5.56 Å². The molecule has 1 fully saturated rings. The number of nitrogens with one attached hydrogen (secondary N) is 1. The lowest BCUT2D eigenvalue weighted by atomic mass is 10.0. The van der Waals surface area contributed by atoms with Gasteiger partial charge in [-0.25, -0.2) is 9.18 Å². The number of hydrogen-bond donors (Lipinski definition) is 1. The van der Waals surface area contributed by atoms with E-state index in [9.17, 15) is 27.2 Å². The first kappa shape index (κ1) is 20.5. The normalized spacial score (nSPS) is 17.5. The number of carbonyl (C=O) groups is 2. The lowest BCUT2D eigenvalue weighted by molar-refractivity contribution is -0.140. The summed E-state index contributed by atoms with van der Waals surface area (Å²) in [6, 6.07) is 0.394. The fraction of sp³-hybridized carbons (Fsp3) is 0.333. The zero-order chi connectivity index (χ0) is 20.2. The third-order valence-electron chi connectivity index (χ3n) is 4.06. The van der Waals surface area contributed by atoms with Gasteiger partial charge < -0.3 is 9.80 Å². The Hall–Kier alpha value is -2.84. The molecule has 9 heteroatoms. The molecule has 1 heterocycles. The predicted octanol–water partition coefficient (Wildman–Crippen LogP) is 3.81. The molecule has 146 valence electrons. The second kappa shape index (κ2) is 8.24. The largest absolute Gasteiger partial charge is 0.419 e. The molecule has 2 rings (SSSR count). The van der Waals surface area contributed by atoms with Crippen LogP contribution < -0.4 is 5.32 Å². The van der Waals surface area contributed by atoms with Gasteiger partial charge in [0.2, 0.25) is 0 Å². The Labute approximate surface area is 153 Å². The highest BCUT2D eigenvalue weighted by Crippen LogP contribution is 2.34. The number of rotatable bonds is 7. The van der Waals surface area contributed by atoms with Crippen LogP contribution in [-0.2, 0) is 11.0 Å². The first-order valence-electron chi connectivity index (χ1n) is 8.18. The second-order valence-electron chi connectivity index (χ2n) is 5.88. The Kier molecular flexibility index (Phi) is 6.24. The summed E-state index contributed by atoms with van der Waals surface area (Å²) < 4.78 is 52.0. The number of urea groups is 1. The van der Waals surface area contributed by atoms with E-state index < -0.39 is 35.5 Å². The van der Waals surface area contributed by atoms with Gasteiger partial charge in [0.1, 0.15) is 11.9 Å². The molecule has 1 atom stereocenters. The van der Waals surface area contributed by atoms with Gasteiger partial charge in [-0.05, 0) is 43.4 Å². The van der Waals surface area contributed by atoms with Crippen LogP contribution in [0.25, 0.3) is 0 Å². The number of amides is 3. The summed E-state index contributed by atoms with van der Waals surface area (Å²) in [7, 11) is 0. The zero-order valence-corrected chi connectivity index (χ0v) is 14.6.